The quantitative estimate of drug-likeness (QED) is 0.555. The summed E-state index contributed by atoms with van der Waals surface area (Å²) in [4.78, 5) is 15.6. The number of pyridine rings is 1. The summed E-state index contributed by atoms with van der Waals surface area (Å²) in [5.41, 5.74) is -1.97. The van der Waals surface area contributed by atoms with Gasteiger partial charge in [-0.2, -0.15) is 13.2 Å². The molecule has 1 aromatic rings. The van der Waals surface area contributed by atoms with E-state index in [2.05, 4.69) is 4.98 Å². The van der Waals surface area contributed by atoms with E-state index in [-0.39, 0.29) is 25.5 Å². The third kappa shape index (κ3) is 5.41. The van der Waals surface area contributed by atoms with Gasteiger partial charge < -0.3 is 19.5 Å². The zero-order chi connectivity index (χ0) is 14.6. The number of carbonyl (C=O) groups excluding carboxylic acids is 1. The Morgan fingerprint density at radius 1 is 1.45 bits per heavy atom. The number of likely N-dealkylation sites (N-methyl/N-ethyl adjacent to an activating group) is 1. The van der Waals surface area contributed by atoms with Gasteiger partial charge in [-0.1, -0.05) is 0 Å². The van der Waals surface area contributed by atoms with Crippen LogP contribution in [0.5, 0.6) is 5.75 Å². The molecule has 0 aliphatic heterocycles. The summed E-state index contributed by atoms with van der Waals surface area (Å²) >= 11 is 0. The van der Waals surface area contributed by atoms with Crippen molar-refractivity contribution < 1.29 is 46.7 Å². The molecule has 0 fully saturated rings. The molecule has 0 spiro atoms. The molecule has 5 nitrogen and oxygen atoms in total. The normalized spacial score (nSPS) is 11.1. The largest absolute Gasteiger partial charge is 1.00 e. The average molecular weight is 284 g/mol. The van der Waals surface area contributed by atoms with Crippen LogP contribution in [0.15, 0.2) is 12.3 Å². The van der Waals surface area contributed by atoms with Crippen LogP contribution in [0.3, 0.4) is 0 Å². The number of rotatable bonds is 5. The predicted molar refractivity (Wildman–Crippen MR) is 57.6 cm³/mol. The molecule has 106 valence electrons. The van der Waals surface area contributed by atoms with Crippen LogP contribution in [-0.2, 0) is 6.18 Å². The standard InChI is InChI=1S/C11H13F3N2O3.Li/c1-16(2)3-4-19-9-6-15-8(10(17)18)5-7(9)11(12,13)14;/h5-6H,3-4H2,1-2H3,(H,17,18);/q;+1/p-1. The second-order valence-corrected chi connectivity index (χ2v) is 4.00. The fourth-order valence-electron chi connectivity index (χ4n) is 1.23. The monoisotopic (exact) mass is 284 g/mol. The molecule has 1 heterocycles. The number of aromatic carboxylic acids is 1. The molecule has 0 aliphatic carbocycles. The Morgan fingerprint density at radius 3 is 2.50 bits per heavy atom. The summed E-state index contributed by atoms with van der Waals surface area (Å²) in [6.45, 7) is 0.446. The Hall–Kier alpha value is -1.23. The first-order chi connectivity index (χ1) is 8.71. The summed E-state index contributed by atoms with van der Waals surface area (Å²) < 4.78 is 43.2. The molecule has 0 atom stereocenters. The Balaban J connectivity index is 0.00000361. The number of hydrogen-bond acceptors (Lipinski definition) is 5. The number of carboxylic acids is 1. The fraction of sp³-hybridized carbons (Fsp3) is 0.455. The molecular formula is C11H12F3LiN2O3. The van der Waals surface area contributed by atoms with Crippen LogP contribution in [0.1, 0.15) is 16.1 Å². The van der Waals surface area contributed by atoms with Gasteiger partial charge in [-0.25, -0.2) is 0 Å². The minimum atomic E-state index is -4.72. The average Bonchev–Trinajstić information content (AvgIpc) is 2.27. The maximum absolute atomic E-state index is 12.7. The van der Waals surface area contributed by atoms with Crippen LogP contribution < -0.4 is 28.7 Å². The first-order valence-electron chi connectivity index (χ1n) is 5.28. The Morgan fingerprint density at radius 2 is 2.05 bits per heavy atom. The van der Waals surface area contributed by atoms with Crippen molar-refractivity contribution in [3.05, 3.63) is 23.5 Å². The van der Waals surface area contributed by atoms with Crippen LogP contribution in [-0.4, -0.2) is 43.1 Å². The molecule has 1 rings (SSSR count). The third-order valence-electron chi connectivity index (χ3n) is 2.18. The van der Waals surface area contributed by atoms with E-state index < -0.39 is 29.2 Å². The molecule has 1 aromatic heterocycles. The summed E-state index contributed by atoms with van der Waals surface area (Å²) in [6.07, 6.45) is -3.98. The number of alkyl halides is 3. The second kappa shape index (κ2) is 7.52. The number of aromatic nitrogens is 1. The maximum atomic E-state index is 12.7. The van der Waals surface area contributed by atoms with Crippen molar-refractivity contribution in [3.8, 4) is 5.75 Å². The fourth-order valence-corrected chi connectivity index (χ4v) is 1.23. The first-order valence-corrected chi connectivity index (χ1v) is 5.28. The van der Waals surface area contributed by atoms with Crippen LogP contribution >= 0.6 is 0 Å². The van der Waals surface area contributed by atoms with Crippen LogP contribution in [0.4, 0.5) is 13.2 Å². The third-order valence-corrected chi connectivity index (χ3v) is 2.18. The van der Waals surface area contributed by atoms with Crippen molar-refractivity contribution in [2.45, 2.75) is 6.18 Å². The molecule has 0 N–H and O–H groups in total. The SMILES string of the molecule is CN(C)CCOc1cnc(C(=O)[O-])cc1C(F)(F)F.[Li+]. The molecule has 0 unspecified atom stereocenters. The molecule has 0 aliphatic rings. The van der Waals surface area contributed by atoms with Crippen LogP contribution in [0, 0.1) is 0 Å². The van der Waals surface area contributed by atoms with E-state index in [1.165, 1.54) is 0 Å². The van der Waals surface area contributed by atoms with Gasteiger partial charge in [-0.05, 0) is 20.2 Å². The summed E-state index contributed by atoms with van der Waals surface area (Å²) in [6, 6.07) is 0.403. The predicted octanol–water partition coefficient (Wildman–Crippen LogP) is -2.59. The molecule has 0 bridgehead atoms. The van der Waals surface area contributed by atoms with Gasteiger partial charge in [-0.15, -0.1) is 0 Å². The van der Waals surface area contributed by atoms with Crippen molar-refractivity contribution in [3.63, 3.8) is 0 Å². The van der Waals surface area contributed by atoms with Gasteiger partial charge in [0.1, 0.15) is 17.9 Å². The van der Waals surface area contributed by atoms with Crippen molar-refractivity contribution in [1.82, 2.24) is 9.88 Å². The Kier molecular flexibility index (Phi) is 7.06. The molecule has 20 heavy (non-hydrogen) atoms. The van der Waals surface area contributed by atoms with Crippen LogP contribution in [0.2, 0.25) is 0 Å². The van der Waals surface area contributed by atoms with E-state index >= 15 is 0 Å². The second-order valence-electron chi connectivity index (χ2n) is 4.00. The van der Waals surface area contributed by atoms with Gasteiger partial charge in [0.2, 0.25) is 0 Å². The van der Waals surface area contributed by atoms with Crippen molar-refractivity contribution in [1.29, 1.82) is 0 Å². The Labute approximate surface area is 125 Å². The molecule has 0 amide bonds. The van der Waals surface area contributed by atoms with E-state index in [0.717, 1.165) is 6.20 Å². The van der Waals surface area contributed by atoms with Gasteiger partial charge in [-0.3, -0.25) is 4.98 Å². The van der Waals surface area contributed by atoms with Gasteiger partial charge >= 0.3 is 25.0 Å². The Bertz CT molecular complexity index is 467. The van der Waals surface area contributed by atoms with Crippen molar-refractivity contribution in [2.75, 3.05) is 27.2 Å². The summed E-state index contributed by atoms with van der Waals surface area (Å²) in [5, 5.41) is 10.5. The number of hydrogen-bond donors (Lipinski definition) is 0. The minimum Gasteiger partial charge on any atom is -0.543 e. The summed E-state index contributed by atoms with van der Waals surface area (Å²) in [7, 11) is 3.48. The zero-order valence-electron chi connectivity index (χ0n) is 11.3. The summed E-state index contributed by atoms with van der Waals surface area (Å²) in [5.74, 6) is -2.27. The smallest absolute Gasteiger partial charge is 0.543 e. The van der Waals surface area contributed by atoms with E-state index in [9.17, 15) is 23.1 Å². The van der Waals surface area contributed by atoms with Crippen molar-refractivity contribution in [2.24, 2.45) is 0 Å². The van der Waals surface area contributed by atoms with E-state index in [1.807, 2.05) is 0 Å². The topological polar surface area (TPSA) is 65.5 Å². The first kappa shape index (κ1) is 18.8. The molecule has 0 saturated heterocycles. The minimum absolute atomic E-state index is 0. The van der Waals surface area contributed by atoms with Gasteiger partial charge in [0.25, 0.3) is 0 Å². The molecule has 0 saturated carbocycles. The molecule has 0 radical (unpaired) electrons. The van der Waals surface area contributed by atoms with Crippen LogP contribution in [0.25, 0.3) is 0 Å². The van der Waals surface area contributed by atoms with E-state index in [1.54, 1.807) is 19.0 Å². The number of halogens is 3. The number of carbonyl (C=O) groups is 1. The van der Waals surface area contributed by atoms with E-state index in [0.29, 0.717) is 12.6 Å². The zero-order valence-corrected chi connectivity index (χ0v) is 11.3. The number of ether oxygens (including phenoxy) is 1. The molecule has 0 aromatic carbocycles. The van der Waals surface area contributed by atoms with Gasteiger partial charge in [0, 0.05) is 6.54 Å². The molecule has 9 heteroatoms. The van der Waals surface area contributed by atoms with E-state index in [4.69, 9.17) is 4.74 Å². The number of carboxylic acid groups (broad SMARTS) is 1. The molecular weight excluding hydrogens is 272 g/mol. The van der Waals surface area contributed by atoms with Crippen molar-refractivity contribution >= 4 is 5.97 Å². The van der Waals surface area contributed by atoms with Gasteiger partial charge in [0.15, 0.2) is 0 Å². The maximum Gasteiger partial charge on any atom is 1.00 e. The number of nitrogens with zero attached hydrogens (tertiary/aromatic N) is 2. The van der Waals surface area contributed by atoms with Gasteiger partial charge in [0.05, 0.1) is 17.9 Å².